The van der Waals surface area contributed by atoms with Gasteiger partial charge in [-0.25, -0.2) is 0 Å². The molecule has 2 heterocycles. The normalized spacial score (nSPS) is 28.2. The van der Waals surface area contributed by atoms with Crippen LogP contribution in [0.15, 0.2) is 18.5 Å². The SMILES string of the molecule is COC1CCN([C@H]2CCC[C@H]2N(C)C(=O)c2ccncc2C)C1. The molecule has 1 aliphatic heterocycles. The number of likely N-dealkylation sites (tertiary alicyclic amines) is 1. The predicted molar refractivity (Wildman–Crippen MR) is 89.5 cm³/mol. The summed E-state index contributed by atoms with van der Waals surface area (Å²) in [5.74, 6) is 0.115. The van der Waals surface area contributed by atoms with Crippen molar-refractivity contribution in [2.45, 2.75) is 50.8 Å². The molecule has 0 spiro atoms. The molecule has 0 N–H and O–H groups in total. The van der Waals surface area contributed by atoms with Crippen molar-refractivity contribution in [1.82, 2.24) is 14.8 Å². The van der Waals surface area contributed by atoms with Gasteiger partial charge in [0.15, 0.2) is 0 Å². The molecular formula is C18H27N3O2. The zero-order chi connectivity index (χ0) is 16.4. The highest BCUT2D eigenvalue weighted by atomic mass is 16.5. The van der Waals surface area contributed by atoms with Gasteiger partial charge in [-0.2, -0.15) is 0 Å². The molecule has 1 amide bonds. The Balaban J connectivity index is 1.72. The zero-order valence-electron chi connectivity index (χ0n) is 14.4. The van der Waals surface area contributed by atoms with Gasteiger partial charge >= 0.3 is 0 Å². The van der Waals surface area contributed by atoms with Gasteiger partial charge in [0.05, 0.1) is 6.10 Å². The Morgan fingerprint density at radius 3 is 2.91 bits per heavy atom. The minimum Gasteiger partial charge on any atom is -0.380 e. The van der Waals surface area contributed by atoms with E-state index in [-0.39, 0.29) is 5.91 Å². The minimum atomic E-state index is 0.115. The number of carbonyl (C=O) groups is 1. The highest BCUT2D eigenvalue weighted by molar-refractivity contribution is 5.95. The standard InChI is InChI=1S/C18H27N3O2/c1-13-11-19-9-7-15(13)18(22)20(2)16-5-4-6-17(16)21-10-8-14(12-21)23-3/h7,9,11,14,16-17H,4-6,8,10,12H2,1-3H3/t14?,16-,17+/m1/s1. The first-order valence-electron chi connectivity index (χ1n) is 8.56. The average molecular weight is 317 g/mol. The number of rotatable bonds is 4. The van der Waals surface area contributed by atoms with E-state index in [1.165, 1.54) is 12.8 Å². The minimum absolute atomic E-state index is 0.115. The summed E-state index contributed by atoms with van der Waals surface area (Å²) in [6.07, 6.45) is 8.36. The van der Waals surface area contributed by atoms with E-state index < -0.39 is 0 Å². The highest BCUT2D eigenvalue weighted by Gasteiger charge is 2.39. The molecule has 2 fully saturated rings. The summed E-state index contributed by atoms with van der Waals surface area (Å²) in [7, 11) is 3.75. The topological polar surface area (TPSA) is 45.7 Å². The van der Waals surface area contributed by atoms with Gasteiger partial charge in [-0.3, -0.25) is 14.7 Å². The van der Waals surface area contributed by atoms with E-state index in [9.17, 15) is 4.79 Å². The molecule has 1 saturated heterocycles. The summed E-state index contributed by atoms with van der Waals surface area (Å²) in [6.45, 7) is 4.02. The molecule has 1 aliphatic carbocycles. The van der Waals surface area contributed by atoms with Gasteiger partial charge in [-0.05, 0) is 44.2 Å². The molecule has 1 aromatic heterocycles. The van der Waals surface area contributed by atoms with E-state index >= 15 is 0 Å². The molecule has 3 rings (SSSR count). The molecule has 0 aromatic carbocycles. The first-order valence-corrected chi connectivity index (χ1v) is 8.56. The molecule has 0 bridgehead atoms. The molecule has 3 atom stereocenters. The third-order valence-electron chi connectivity index (χ3n) is 5.49. The summed E-state index contributed by atoms with van der Waals surface area (Å²) >= 11 is 0. The number of pyridine rings is 1. The van der Waals surface area contributed by atoms with Gasteiger partial charge in [0.1, 0.15) is 0 Å². The summed E-state index contributed by atoms with van der Waals surface area (Å²) < 4.78 is 5.50. The van der Waals surface area contributed by atoms with Crippen molar-refractivity contribution < 1.29 is 9.53 Å². The van der Waals surface area contributed by atoms with Crippen molar-refractivity contribution in [2.24, 2.45) is 0 Å². The van der Waals surface area contributed by atoms with Gasteiger partial charge in [-0.1, -0.05) is 0 Å². The number of likely N-dealkylation sites (N-methyl/N-ethyl adjacent to an activating group) is 1. The molecular weight excluding hydrogens is 290 g/mol. The van der Waals surface area contributed by atoms with Gasteiger partial charge in [0.25, 0.3) is 5.91 Å². The summed E-state index contributed by atoms with van der Waals surface area (Å²) in [5, 5.41) is 0. The fraction of sp³-hybridized carbons (Fsp3) is 0.667. The third-order valence-corrected chi connectivity index (χ3v) is 5.49. The van der Waals surface area contributed by atoms with E-state index in [4.69, 9.17) is 4.74 Å². The quantitative estimate of drug-likeness (QED) is 0.853. The second kappa shape index (κ2) is 6.97. The van der Waals surface area contributed by atoms with Gasteiger partial charge in [-0.15, -0.1) is 0 Å². The van der Waals surface area contributed by atoms with E-state index in [1.54, 1.807) is 19.5 Å². The van der Waals surface area contributed by atoms with Crippen LogP contribution in [0.2, 0.25) is 0 Å². The number of carbonyl (C=O) groups excluding carboxylic acids is 1. The Morgan fingerprint density at radius 2 is 2.22 bits per heavy atom. The van der Waals surface area contributed by atoms with E-state index in [2.05, 4.69) is 9.88 Å². The number of methoxy groups -OCH3 is 1. The van der Waals surface area contributed by atoms with Crippen molar-refractivity contribution in [3.8, 4) is 0 Å². The van der Waals surface area contributed by atoms with Crippen molar-refractivity contribution >= 4 is 5.91 Å². The molecule has 1 unspecified atom stereocenters. The van der Waals surface area contributed by atoms with Crippen LogP contribution in [-0.4, -0.2) is 66.1 Å². The molecule has 1 saturated carbocycles. The van der Waals surface area contributed by atoms with Crippen molar-refractivity contribution in [1.29, 1.82) is 0 Å². The lowest BCUT2D eigenvalue weighted by Gasteiger charge is -2.35. The molecule has 2 aliphatic rings. The van der Waals surface area contributed by atoms with E-state index in [1.807, 2.05) is 24.9 Å². The van der Waals surface area contributed by atoms with Gasteiger partial charge in [0, 0.05) is 57.3 Å². The van der Waals surface area contributed by atoms with Crippen molar-refractivity contribution in [2.75, 3.05) is 27.2 Å². The van der Waals surface area contributed by atoms with Crippen LogP contribution in [0, 0.1) is 6.92 Å². The zero-order valence-corrected chi connectivity index (χ0v) is 14.4. The van der Waals surface area contributed by atoms with Crippen LogP contribution in [-0.2, 0) is 4.74 Å². The fourth-order valence-electron chi connectivity index (χ4n) is 4.10. The van der Waals surface area contributed by atoms with Crippen LogP contribution in [0.3, 0.4) is 0 Å². The molecule has 1 aromatic rings. The van der Waals surface area contributed by atoms with E-state index in [0.717, 1.165) is 37.1 Å². The monoisotopic (exact) mass is 317 g/mol. The Bertz CT molecular complexity index is 563. The van der Waals surface area contributed by atoms with Gasteiger partial charge in [0.2, 0.25) is 0 Å². The van der Waals surface area contributed by atoms with Crippen molar-refractivity contribution in [3.05, 3.63) is 29.6 Å². The van der Waals surface area contributed by atoms with Crippen molar-refractivity contribution in [3.63, 3.8) is 0 Å². The number of amides is 1. The van der Waals surface area contributed by atoms with Crippen LogP contribution in [0.5, 0.6) is 0 Å². The average Bonchev–Trinajstić information content (AvgIpc) is 3.22. The van der Waals surface area contributed by atoms with Crippen LogP contribution in [0.4, 0.5) is 0 Å². The Hall–Kier alpha value is -1.46. The number of hydrogen-bond donors (Lipinski definition) is 0. The Morgan fingerprint density at radius 1 is 1.39 bits per heavy atom. The molecule has 0 radical (unpaired) electrons. The maximum Gasteiger partial charge on any atom is 0.254 e. The Kier molecular flexibility index (Phi) is 4.97. The first kappa shape index (κ1) is 16.4. The fourth-order valence-corrected chi connectivity index (χ4v) is 4.10. The lowest BCUT2D eigenvalue weighted by atomic mass is 10.1. The summed E-state index contributed by atoms with van der Waals surface area (Å²) in [6, 6.07) is 2.59. The summed E-state index contributed by atoms with van der Waals surface area (Å²) in [4.78, 5) is 21.5. The maximum atomic E-state index is 12.9. The lowest BCUT2D eigenvalue weighted by Crippen LogP contribution is -2.49. The highest BCUT2D eigenvalue weighted by Crippen LogP contribution is 2.31. The largest absolute Gasteiger partial charge is 0.380 e. The molecule has 5 nitrogen and oxygen atoms in total. The molecule has 126 valence electrons. The number of ether oxygens (including phenoxy) is 1. The second-order valence-corrected chi connectivity index (χ2v) is 6.81. The van der Waals surface area contributed by atoms with E-state index in [0.29, 0.717) is 18.2 Å². The molecule has 5 heteroatoms. The number of aryl methyl sites for hydroxylation is 1. The van der Waals surface area contributed by atoms with Crippen LogP contribution >= 0.6 is 0 Å². The number of aromatic nitrogens is 1. The van der Waals surface area contributed by atoms with Crippen LogP contribution < -0.4 is 0 Å². The predicted octanol–water partition coefficient (Wildman–Crippen LogP) is 2.10. The molecule has 23 heavy (non-hydrogen) atoms. The Labute approximate surface area is 138 Å². The van der Waals surface area contributed by atoms with Gasteiger partial charge < -0.3 is 9.64 Å². The smallest absolute Gasteiger partial charge is 0.254 e. The summed E-state index contributed by atoms with van der Waals surface area (Å²) in [5.41, 5.74) is 1.71. The number of nitrogens with zero attached hydrogens (tertiary/aromatic N) is 3. The number of hydrogen-bond acceptors (Lipinski definition) is 4. The first-order chi connectivity index (χ1) is 11.1. The van der Waals surface area contributed by atoms with Crippen LogP contribution in [0.25, 0.3) is 0 Å². The third kappa shape index (κ3) is 3.26. The van der Waals surface area contributed by atoms with Crippen LogP contribution in [0.1, 0.15) is 41.6 Å². The second-order valence-electron chi connectivity index (χ2n) is 6.81. The lowest BCUT2D eigenvalue weighted by molar-refractivity contribution is 0.0604. The maximum absolute atomic E-state index is 12.9.